The van der Waals surface area contributed by atoms with Crippen LogP contribution in [-0.4, -0.2) is 59.0 Å². The Hall–Kier alpha value is -4.49. The van der Waals surface area contributed by atoms with Crippen LogP contribution in [0.5, 0.6) is 0 Å². The van der Waals surface area contributed by atoms with Crippen molar-refractivity contribution in [2.24, 2.45) is 0 Å². The highest BCUT2D eigenvalue weighted by Crippen LogP contribution is 2.39. The van der Waals surface area contributed by atoms with Gasteiger partial charge >= 0.3 is 6.03 Å². The molecule has 0 fully saturated rings. The van der Waals surface area contributed by atoms with Crippen molar-refractivity contribution in [2.75, 3.05) is 42.7 Å². The second-order valence-corrected chi connectivity index (χ2v) is 10.4. The molecule has 3 heterocycles. The number of nitrogens with one attached hydrogen (secondary N) is 3. The van der Waals surface area contributed by atoms with Gasteiger partial charge in [-0.3, -0.25) is 10.1 Å². The molecular weight excluding hydrogens is 550 g/mol. The number of benzene rings is 2. The van der Waals surface area contributed by atoms with Crippen molar-refractivity contribution in [3.05, 3.63) is 76.3 Å². The molecule has 0 saturated carbocycles. The zero-order valence-corrected chi connectivity index (χ0v) is 23.5. The largest absolute Gasteiger partial charge is 0.353 e. The summed E-state index contributed by atoms with van der Waals surface area (Å²) in [6, 6.07) is 7.95. The van der Waals surface area contributed by atoms with E-state index in [4.69, 9.17) is 4.98 Å². The number of para-hydroxylation sites is 1. The average Bonchev–Trinajstić information content (AvgIpc) is 3.46. The minimum Gasteiger partial charge on any atom is -0.353 e. The Bertz CT molecular complexity index is 1580. The van der Waals surface area contributed by atoms with Crippen molar-refractivity contribution in [3.63, 3.8) is 0 Å². The van der Waals surface area contributed by atoms with Gasteiger partial charge in [-0.1, -0.05) is 19.1 Å². The molecule has 212 valence electrons. The number of likely N-dealkylation sites (N-methyl/N-ethyl adjacent to an activating group) is 1. The molecule has 5 rings (SSSR count). The molecule has 13 heteroatoms. The number of aryl methyl sites for hydroxylation is 1. The predicted molar refractivity (Wildman–Crippen MR) is 155 cm³/mol. The Morgan fingerprint density at radius 3 is 2.63 bits per heavy atom. The molecular formula is C28H28F2N8O2S. The topological polar surface area (TPSA) is 115 Å². The highest BCUT2D eigenvalue weighted by atomic mass is 32.1. The Kier molecular flexibility index (Phi) is 8.17. The lowest BCUT2D eigenvalue weighted by Crippen LogP contribution is -2.43. The zero-order valence-electron chi connectivity index (χ0n) is 22.7. The Morgan fingerprint density at radius 1 is 1.17 bits per heavy atom. The lowest BCUT2D eigenvalue weighted by molar-refractivity contribution is 0.102. The van der Waals surface area contributed by atoms with Gasteiger partial charge in [0.2, 0.25) is 5.95 Å². The molecule has 1 aliphatic heterocycles. The van der Waals surface area contributed by atoms with Gasteiger partial charge in [0.1, 0.15) is 17.3 Å². The van der Waals surface area contributed by atoms with Crippen LogP contribution >= 0.6 is 11.3 Å². The van der Waals surface area contributed by atoms with Crippen LogP contribution in [-0.2, 0) is 13.0 Å². The van der Waals surface area contributed by atoms with E-state index in [2.05, 4.69) is 25.9 Å². The van der Waals surface area contributed by atoms with E-state index < -0.39 is 23.4 Å². The minimum absolute atomic E-state index is 0.0206. The Balaban J connectivity index is 1.67. The molecule has 0 aliphatic carbocycles. The first-order valence-corrected chi connectivity index (χ1v) is 13.8. The van der Waals surface area contributed by atoms with Crippen molar-refractivity contribution in [3.8, 4) is 11.3 Å². The summed E-state index contributed by atoms with van der Waals surface area (Å²) in [5.41, 5.74) is 2.25. The van der Waals surface area contributed by atoms with Gasteiger partial charge in [-0.25, -0.2) is 28.4 Å². The van der Waals surface area contributed by atoms with Crippen molar-refractivity contribution in [2.45, 2.75) is 19.9 Å². The molecule has 2 aromatic heterocycles. The summed E-state index contributed by atoms with van der Waals surface area (Å²) in [6.07, 6.45) is 2.21. The fourth-order valence-corrected chi connectivity index (χ4v) is 4.99. The smallest absolute Gasteiger partial charge is 0.328 e. The maximum absolute atomic E-state index is 15.0. The van der Waals surface area contributed by atoms with E-state index in [0.717, 1.165) is 22.6 Å². The summed E-state index contributed by atoms with van der Waals surface area (Å²) < 4.78 is 29.9. The maximum atomic E-state index is 15.0. The third kappa shape index (κ3) is 5.86. The summed E-state index contributed by atoms with van der Waals surface area (Å²) >= 11 is 1.30. The van der Waals surface area contributed by atoms with Crippen LogP contribution < -0.4 is 20.9 Å². The third-order valence-corrected chi connectivity index (χ3v) is 7.17. The van der Waals surface area contributed by atoms with E-state index in [-0.39, 0.29) is 24.2 Å². The van der Waals surface area contributed by atoms with Gasteiger partial charge in [-0.15, -0.1) is 11.3 Å². The number of anilines is 4. The monoisotopic (exact) mass is 578 g/mol. The van der Waals surface area contributed by atoms with Gasteiger partial charge in [0, 0.05) is 41.4 Å². The van der Waals surface area contributed by atoms with Gasteiger partial charge in [0.25, 0.3) is 5.91 Å². The number of thiazole rings is 1. The number of nitrogens with zero attached hydrogens (tertiary/aromatic N) is 5. The van der Waals surface area contributed by atoms with Crippen LogP contribution in [0.3, 0.4) is 0 Å². The number of halogens is 2. The second-order valence-electron chi connectivity index (χ2n) is 9.51. The number of fused-ring (bicyclic) bond motifs is 1. The Morgan fingerprint density at radius 2 is 1.95 bits per heavy atom. The molecule has 10 nitrogen and oxygen atoms in total. The molecule has 0 bridgehead atoms. The number of carbonyl (C=O) groups excluding carboxylic acids is 2. The first-order valence-electron chi connectivity index (χ1n) is 12.9. The summed E-state index contributed by atoms with van der Waals surface area (Å²) in [4.78, 5) is 42.5. The van der Waals surface area contributed by atoms with Crippen LogP contribution in [0, 0.1) is 11.6 Å². The van der Waals surface area contributed by atoms with Crippen LogP contribution in [0.15, 0.2) is 48.0 Å². The van der Waals surface area contributed by atoms with Gasteiger partial charge in [-0.05, 0) is 50.3 Å². The number of carbonyl (C=O) groups is 2. The lowest BCUT2D eigenvalue weighted by atomic mass is 9.95. The van der Waals surface area contributed by atoms with Crippen molar-refractivity contribution in [1.82, 2.24) is 25.2 Å². The lowest BCUT2D eigenvalue weighted by Gasteiger charge is -2.31. The number of rotatable bonds is 9. The molecule has 0 spiro atoms. The summed E-state index contributed by atoms with van der Waals surface area (Å²) in [7, 11) is 3.84. The highest BCUT2D eigenvalue weighted by molar-refractivity contribution is 7.13. The van der Waals surface area contributed by atoms with Crippen LogP contribution in [0.4, 0.5) is 36.2 Å². The summed E-state index contributed by atoms with van der Waals surface area (Å²) in [5, 5.41) is 10.9. The van der Waals surface area contributed by atoms with Crippen molar-refractivity contribution >= 4 is 45.9 Å². The van der Waals surface area contributed by atoms with E-state index >= 15 is 0 Å². The molecule has 0 saturated heterocycles. The molecule has 0 radical (unpaired) electrons. The van der Waals surface area contributed by atoms with Crippen molar-refractivity contribution in [1.29, 1.82) is 0 Å². The van der Waals surface area contributed by atoms with Crippen LogP contribution in [0.1, 0.15) is 28.4 Å². The third-order valence-electron chi connectivity index (χ3n) is 6.48. The molecule has 0 unspecified atom stereocenters. The summed E-state index contributed by atoms with van der Waals surface area (Å²) in [5.74, 6) is -1.94. The van der Waals surface area contributed by atoms with Gasteiger partial charge in [0.05, 0.1) is 12.2 Å². The number of urea groups is 1. The minimum atomic E-state index is -0.912. The first kappa shape index (κ1) is 28.1. The highest BCUT2D eigenvalue weighted by Gasteiger charge is 2.34. The maximum Gasteiger partial charge on any atom is 0.328 e. The zero-order chi connectivity index (χ0) is 29.1. The number of aromatic nitrogens is 3. The number of amides is 3. The van der Waals surface area contributed by atoms with Crippen LogP contribution in [0.2, 0.25) is 0 Å². The van der Waals surface area contributed by atoms with E-state index in [1.807, 2.05) is 32.0 Å². The molecule has 3 N–H and O–H groups in total. The summed E-state index contributed by atoms with van der Waals surface area (Å²) in [6.45, 7) is 3.13. The second kappa shape index (κ2) is 11.9. The number of hydrogen-bond donors (Lipinski definition) is 3. The standard InChI is InChI=1S/C28H28F2N8O2S/c1-4-16-8-9-17(25(39)36-27-32-11-13-41-27)14-18(16)22-19-15-33-28(40)38(23-20(29)6-5-7-21(23)30)24(19)35-26(34-22)31-10-12-37(2)3/h5-9,11,13-14H,4,10,12,15H2,1-3H3,(H,33,40)(H,31,34,35)(H,32,36,39). The molecule has 1 aliphatic rings. The van der Waals surface area contributed by atoms with E-state index in [1.165, 1.54) is 17.4 Å². The number of hydrogen-bond acceptors (Lipinski definition) is 8. The van der Waals surface area contributed by atoms with Crippen LogP contribution in [0.25, 0.3) is 11.3 Å². The van der Waals surface area contributed by atoms with Crippen molar-refractivity contribution < 1.29 is 18.4 Å². The molecule has 41 heavy (non-hydrogen) atoms. The van der Waals surface area contributed by atoms with Gasteiger partial charge < -0.3 is 15.5 Å². The van der Waals surface area contributed by atoms with E-state index in [0.29, 0.717) is 47.0 Å². The van der Waals surface area contributed by atoms with Gasteiger partial charge in [-0.2, -0.15) is 4.98 Å². The average molecular weight is 579 g/mol. The molecule has 2 aromatic carbocycles. The SMILES string of the molecule is CCc1ccc(C(=O)Nc2nccs2)cc1-c1nc(NCCN(C)C)nc2c1CNC(=O)N2c1c(F)cccc1F. The predicted octanol–water partition coefficient (Wildman–Crippen LogP) is 5.03. The molecule has 3 amide bonds. The van der Waals surface area contributed by atoms with E-state index in [1.54, 1.807) is 23.7 Å². The molecule has 4 aromatic rings. The normalized spacial score (nSPS) is 12.7. The first-order chi connectivity index (χ1) is 19.8. The molecule has 0 atom stereocenters. The quantitative estimate of drug-likeness (QED) is 0.255. The fraction of sp³-hybridized carbons (Fsp3) is 0.250. The fourth-order valence-electron chi connectivity index (χ4n) is 4.46. The van der Waals surface area contributed by atoms with Gasteiger partial charge in [0.15, 0.2) is 10.9 Å². The van der Waals surface area contributed by atoms with E-state index in [9.17, 15) is 18.4 Å². The Labute approximate surface area is 239 Å².